The van der Waals surface area contributed by atoms with Gasteiger partial charge in [0.2, 0.25) is 0 Å². The number of carbonyl (C=O) groups excluding carboxylic acids is 1. The fraction of sp³-hybridized carbons (Fsp3) is 0.267. The highest BCUT2D eigenvalue weighted by atomic mass is 32.1. The summed E-state index contributed by atoms with van der Waals surface area (Å²) in [6.45, 7) is 3.80. The maximum atomic E-state index is 12.4. The van der Waals surface area contributed by atoms with Crippen molar-refractivity contribution in [1.29, 1.82) is 0 Å². The van der Waals surface area contributed by atoms with Gasteiger partial charge in [-0.2, -0.15) is 0 Å². The van der Waals surface area contributed by atoms with E-state index in [0.717, 1.165) is 10.4 Å². The molecule has 1 atom stereocenters. The summed E-state index contributed by atoms with van der Waals surface area (Å²) in [5, 5.41) is 11.7. The molecule has 1 N–H and O–H groups in total. The summed E-state index contributed by atoms with van der Waals surface area (Å²) in [5.41, 5.74) is 1.28. The standard InChI is InChI=1S/C15H17NO2S/c1-10-6-7-12(9-13(10)17)15(18)16(3)11(2)14-5-4-8-19-14/h4-9,11,17H,1-3H3. The molecule has 1 aromatic heterocycles. The number of amides is 1. The number of nitrogens with zero attached hydrogens (tertiary/aromatic N) is 1. The van der Waals surface area contributed by atoms with Gasteiger partial charge in [0.15, 0.2) is 0 Å². The Kier molecular flexibility index (Phi) is 3.90. The first-order valence-corrected chi connectivity index (χ1v) is 6.99. The van der Waals surface area contributed by atoms with Crippen LogP contribution in [0, 0.1) is 6.92 Å². The van der Waals surface area contributed by atoms with Gasteiger partial charge < -0.3 is 10.0 Å². The van der Waals surface area contributed by atoms with E-state index in [9.17, 15) is 9.90 Å². The minimum absolute atomic E-state index is 0.0240. The Morgan fingerprint density at radius 2 is 2.11 bits per heavy atom. The Balaban J connectivity index is 2.21. The van der Waals surface area contributed by atoms with Gasteiger partial charge in [0, 0.05) is 17.5 Å². The highest BCUT2D eigenvalue weighted by molar-refractivity contribution is 7.10. The second-order valence-corrected chi connectivity index (χ2v) is 5.59. The van der Waals surface area contributed by atoms with Crippen LogP contribution in [-0.4, -0.2) is 23.0 Å². The minimum Gasteiger partial charge on any atom is -0.508 e. The molecular weight excluding hydrogens is 258 g/mol. The van der Waals surface area contributed by atoms with Crippen molar-refractivity contribution in [3.8, 4) is 5.75 Å². The first kappa shape index (κ1) is 13.6. The third-order valence-electron chi connectivity index (χ3n) is 3.31. The lowest BCUT2D eigenvalue weighted by Crippen LogP contribution is -2.29. The lowest BCUT2D eigenvalue weighted by Gasteiger charge is -2.24. The van der Waals surface area contributed by atoms with Gasteiger partial charge in [0.1, 0.15) is 5.75 Å². The van der Waals surface area contributed by atoms with Crippen LogP contribution < -0.4 is 0 Å². The quantitative estimate of drug-likeness (QED) is 0.930. The number of carbonyl (C=O) groups is 1. The molecule has 0 saturated carbocycles. The molecule has 1 heterocycles. The molecule has 0 saturated heterocycles. The average molecular weight is 275 g/mol. The molecule has 0 aliphatic carbocycles. The molecule has 1 aromatic carbocycles. The summed E-state index contributed by atoms with van der Waals surface area (Å²) in [7, 11) is 1.78. The maximum absolute atomic E-state index is 12.4. The number of hydrogen-bond donors (Lipinski definition) is 1. The molecule has 0 spiro atoms. The molecule has 1 unspecified atom stereocenters. The summed E-state index contributed by atoms with van der Waals surface area (Å²) in [6.07, 6.45) is 0. The van der Waals surface area contributed by atoms with Crippen molar-refractivity contribution in [1.82, 2.24) is 4.90 Å². The number of aryl methyl sites for hydroxylation is 1. The lowest BCUT2D eigenvalue weighted by atomic mass is 10.1. The van der Waals surface area contributed by atoms with Crippen LogP contribution in [0.3, 0.4) is 0 Å². The Morgan fingerprint density at radius 3 is 2.68 bits per heavy atom. The molecule has 0 fully saturated rings. The summed E-state index contributed by atoms with van der Waals surface area (Å²) < 4.78 is 0. The van der Waals surface area contributed by atoms with E-state index in [-0.39, 0.29) is 17.7 Å². The third-order valence-corrected chi connectivity index (χ3v) is 4.35. The molecule has 2 aromatic rings. The topological polar surface area (TPSA) is 40.5 Å². The van der Waals surface area contributed by atoms with Crippen LogP contribution in [-0.2, 0) is 0 Å². The van der Waals surface area contributed by atoms with Crippen molar-refractivity contribution in [2.45, 2.75) is 19.9 Å². The van der Waals surface area contributed by atoms with Gasteiger partial charge in [-0.3, -0.25) is 4.79 Å². The van der Waals surface area contributed by atoms with Crippen molar-refractivity contribution in [2.24, 2.45) is 0 Å². The highest BCUT2D eigenvalue weighted by Crippen LogP contribution is 2.26. The summed E-state index contributed by atoms with van der Waals surface area (Å²) >= 11 is 1.63. The minimum atomic E-state index is -0.0869. The Morgan fingerprint density at radius 1 is 1.37 bits per heavy atom. The first-order chi connectivity index (χ1) is 9.00. The van der Waals surface area contributed by atoms with E-state index < -0.39 is 0 Å². The van der Waals surface area contributed by atoms with Gasteiger partial charge >= 0.3 is 0 Å². The maximum Gasteiger partial charge on any atom is 0.254 e. The molecule has 0 radical (unpaired) electrons. The predicted molar refractivity (Wildman–Crippen MR) is 77.7 cm³/mol. The number of aromatic hydroxyl groups is 1. The van der Waals surface area contributed by atoms with E-state index in [1.165, 1.54) is 6.07 Å². The summed E-state index contributed by atoms with van der Waals surface area (Å²) in [4.78, 5) is 15.2. The molecule has 2 rings (SSSR count). The number of phenolic OH excluding ortho intramolecular Hbond substituents is 1. The normalized spacial score (nSPS) is 12.2. The zero-order chi connectivity index (χ0) is 14.0. The van der Waals surface area contributed by atoms with Crippen molar-refractivity contribution < 1.29 is 9.90 Å². The number of phenols is 1. The average Bonchev–Trinajstić information content (AvgIpc) is 2.93. The first-order valence-electron chi connectivity index (χ1n) is 6.11. The SMILES string of the molecule is Cc1ccc(C(=O)N(C)C(C)c2cccs2)cc1O. The van der Waals surface area contributed by atoms with Gasteiger partial charge in [0.25, 0.3) is 5.91 Å². The van der Waals surface area contributed by atoms with E-state index >= 15 is 0 Å². The molecule has 4 heteroatoms. The van der Waals surface area contributed by atoms with E-state index in [2.05, 4.69) is 0 Å². The molecule has 0 bridgehead atoms. The van der Waals surface area contributed by atoms with Gasteiger partial charge in [-0.1, -0.05) is 12.1 Å². The monoisotopic (exact) mass is 275 g/mol. The summed E-state index contributed by atoms with van der Waals surface area (Å²) in [5.74, 6) is 0.0687. The van der Waals surface area contributed by atoms with Crippen LogP contribution in [0.5, 0.6) is 5.75 Å². The number of thiophene rings is 1. The Bertz CT molecular complexity index is 578. The lowest BCUT2D eigenvalue weighted by molar-refractivity contribution is 0.0744. The van der Waals surface area contributed by atoms with E-state index in [4.69, 9.17) is 0 Å². The van der Waals surface area contributed by atoms with Crippen LogP contribution >= 0.6 is 11.3 Å². The largest absolute Gasteiger partial charge is 0.508 e. The van der Waals surface area contributed by atoms with Gasteiger partial charge in [-0.25, -0.2) is 0 Å². The second kappa shape index (κ2) is 5.45. The van der Waals surface area contributed by atoms with Crippen LogP contribution in [0.15, 0.2) is 35.7 Å². The van der Waals surface area contributed by atoms with E-state index in [0.29, 0.717) is 5.56 Å². The van der Waals surface area contributed by atoms with Gasteiger partial charge in [-0.15, -0.1) is 11.3 Å². The van der Waals surface area contributed by atoms with Crippen LogP contribution in [0.4, 0.5) is 0 Å². The number of hydrogen-bond acceptors (Lipinski definition) is 3. The Hall–Kier alpha value is -1.81. The van der Waals surface area contributed by atoms with E-state index in [1.807, 2.05) is 31.4 Å². The van der Waals surface area contributed by atoms with Crippen molar-refractivity contribution in [3.63, 3.8) is 0 Å². The van der Waals surface area contributed by atoms with Crippen molar-refractivity contribution in [2.75, 3.05) is 7.05 Å². The van der Waals surface area contributed by atoms with Gasteiger partial charge in [0.05, 0.1) is 6.04 Å². The van der Waals surface area contributed by atoms with E-state index in [1.54, 1.807) is 35.4 Å². The molecule has 1 amide bonds. The van der Waals surface area contributed by atoms with Crippen LogP contribution in [0.1, 0.15) is 33.8 Å². The number of benzene rings is 1. The number of rotatable bonds is 3. The predicted octanol–water partition coefficient (Wildman–Crippen LogP) is 3.60. The molecule has 19 heavy (non-hydrogen) atoms. The van der Waals surface area contributed by atoms with Crippen molar-refractivity contribution >= 4 is 17.2 Å². The molecule has 0 aliphatic heterocycles. The second-order valence-electron chi connectivity index (χ2n) is 4.61. The van der Waals surface area contributed by atoms with Crippen LogP contribution in [0.25, 0.3) is 0 Å². The smallest absolute Gasteiger partial charge is 0.254 e. The summed E-state index contributed by atoms with van der Waals surface area (Å²) in [6, 6.07) is 9.05. The van der Waals surface area contributed by atoms with Crippen molar-refractivity contribution in [3.05, 3.63) is 51.7 Å². The zero-order valence-corrected chi connectivity index (χ0v) is 12.1. The van der Waals surface area contributed by atoms with Crippen LogP contribution in [0.2, 0.25) is 0 Å². The fourth-order valence-electron chi connectivity index (χ4n) is 1.84. The fourth-order valence-corrected chi connectivity index (χ4v) is 2.67. The van der Waals surface area contributed by atoms with Gasteiger partial charge in [-0.05, 0) is 43.0 Å². The zero-order valence-electron chi connectivity index (χ0n) is 11.3. The highest BCUT2D eigenvalue weighted by Gasteiger charge is 2.20. The molecule has 3 nitrogen and oxygen atoms in total. The molecule has 0 aliphatic rings. The third kappa shape index (κ3) is 2.79. The molecular formula is C15H17NO2S. The Labute approximate surface area is 117 Å². The molecule has 100 valence electrons.